The maximum absolute atomic E-state index is 7.45. The third-order valence-electron chi connectivity index (χ3n) is 5.66. The monoisotopic (exact) mass is 369 g/mol. The van der Waals surface area contributed by atoms with E-state index in [1.807, 2.05) is 18.3 Å². The second-order valence-corrected chi connectivity index (χ2v) is 8.64. The van der Waals surface area contributed by atoms with E-state index in [1.165, 1.54) is 48.6 Å². The molecule has 1 aliphatic heterocycles. The van der Waals surface area contributed by atoms with E-state index < -0.39 is 0 Å². The number of nitrogens with one attached hydrogen (secondary N) is 1. The summed E-state index contributed by atoms with van der Waals surface area (Å²) in [6.07, 6.45) is 8.96. The number of hydrogen-bond acceptors (Lipinski definition) is 6. The van der Waals surface area contributed by atoms with Crippen molar-refractivity contribution in [2.45, 2.75) is 57.9 Å². The van der Waals surface area contributed by atoms with Crippen LogP contribution < -0.4 is 5.73 Å². The number of thiophene rings is 1. The average molecular weight is 370 g/mol. The van der Waals surface area contributed by atoms with Crippen LogP contribution in [-0.2, 0) is 6.54 Å². The molecule has 5 nitrogen and oxygen atoms in total. The average Bonchev–Trinajstić information content (AvgIpc) is 3.07. The predicted octanol–water partition coefficient (Wildman–Crippen LogP) is 4.12. The Balaban J connectivity index is 1.61. The molecule has 0 radical (unpaired) electrons. The second kappa shape index (κ2) is 7.45. The molecular formula is C20H27N5S. The highest BCUT2D eigenvalue weighted by Gasteiger charge is 2.22. The summed E-state index contributed by atoms with van der Waals surface area (Å²) < 4.78 is 0. The molecule has 138 valence electrons. The summed E-state index contributed by atoms with van der Waals surface area (Å²) in [6.45, 7) is 4.43. The van der Waals surface area contributed by atoms with Crippen molar-refractivity contribution in [3.8, 4) is 0 Å². The maximum Gasteiger partial charge on any atom is 0.127 e. The molecule has 0 atom stereocenters. The van der Waals surface area contributed by atoms with Gasteiger partial charge in [0.1, 0.15) is 10.7 Å². The van der Waals surface area contributed by atoms with E-state index >= 15 is 0 Å². The molecule has 2 aliphatic rings. The summed E-state index contributed by atoms with van der Waals surface area (Å²) in [5, 5.41) is 8.67. The van der Waals surface area contributed by atoms with Gasteiger partial charge in [-0.25, -0.2) is 9.97 Å². The van der Waals surface area contributed by atoms with Gasteiger partial charge in [0.05, 0.1) is 5.69 Å². The van der Waals surface area contributed by atoms with Crippen LogP contribution in [0.25, 0.3) is 10.2 Å². The lowest BCUT2D eigenvalue weighted by Crippen LogP contribution is -2.34. The molecule has 0 bridgehead atoms. The van der Waals surface area contributed by atoms with Crippen LogP contribution in [-0.4, -0.2) is 34.2 Å². The molecule has 0 aromatic carbocycles. The van der Waals surface area contributed by atoms with Crippen molar-refractivity contribution in [3.63, 3.8) is 0 Å². The second-order valence-electron chi connectivity index (χ2n) is 7.58. The standard InChI is InChI=1S/C20H27N5S/c1-13-23-18(12-25-8-7-15(10-21)17(22)11-25)16-9-19(26-20(16)24-13)14-5-3-2-4-6-14/h9-10,14,21H,2-8,11-12,22H2,1H3. The van der Waals surface area contributed by atoms with E-state index in [-0.39, 0.29) is 0 Å². The Hall–Kier alpha value is -1.79. The molecule has 2 aromatic heterocycles. The van der Waals surface area contributed by atoms with Gasteiger partial charge < -0.3 is 11.1 Å². The Morgan fingerprint density at radius 3 is 2.85 bits per heavy atom. The Morgan fingerprint density at radius 1 is 1.31 bits per heavy atom. The summed E-state index contributed by atoms with van der Waals surface area (Å²) >= 11 is 1.87. The number of aryl methyl sites for hydroxylation is 1. The number of nitrogens with two attached hydrogens (primary N) is 1. The first-order chi connectivity index (χ1) is 12.6. The fraction of sp³-hybridized carbons (Fsp3) is 0.550. The van der Waals surface area contributed by atoms with E-state index in [2.05, 4.69) is 11.0 Å². The maximum atomic E-state index is 7.45. The van der Waals surface area contributed by atoms with Gasteiger partial charge in [-0.05, 0) is 43.7 Å². The molecule has 2 aromatic rings. The third kappa shape index (κ3) is 3.53. The summed E-state index contributed by atoms with van der Waals surface area (Å²) in [5.74, 6) is 1.56. The van der Waals surface area contributed by atoms with Crippen molar-refractivity contribution in [2.75, 3.05) is 13.1 Å². The Morgan fingerprint density at radius 2 is 2.12 bits per heavy atom. The number of aromatic nitrogens is 2. The van der Waals surface area contributed by atoms with Gasteiger partial charge in [0.25, 0.3) is 0 Å². The van der Waals surface area contributed by atoms with Crippen LogP contribution in [0.4, 0.5) is 0 Å². The van der Waals surface area contributed by atoms with E-state index in [1.54, 1.807) is 0 Å². The van der Waals surface area contributed by atoms with E-state index in [0.717, 1.165) is 53.7 Å². The van der Waals surface area contributed by atoms with Gasteiger partial charge in [-0.15, -0.1) is 11.3 Å². The molecule has 0 saturated heterocycles. The summed E-state index contributed by atoms with van der Waals surface area (Å²) in [6, 6.07) is 2.36. The fourth-order valence-corrected chi connectivity index (χ4v) is 5.47. The fourth-order valence-electron chi connectivity index (χ4n) is 4.20. The topological polar surface area (TPSA) is 78.9 Å². The summed E-state index contributed by atoms with van der Waals surface area (Å²) in [4.78, 5) is 14.4. The summed E-state index contributed by atoms with van der Waals surface area (Å²) in [5.41, 5.74) is 9.05. The van der Waals surface area contributed by atoms with Gasteiger partial charge in [0, 0.05) is 41.8 Å². The lowest BCUT2D eigenvalue weighted by molar-refractivity contribution is 0.276. The van der Waals surface area contributed by atoms with Gasteiger partial charge in [-0.1, -0.05) is 19.3 Å². The Bertz CT molecular complexity index is 847. The number of rotatable bonds is 4. The number of hydrogen-bond donors (Lipinski definition) is 2. The normalized spacial score (nSPS) is 20.0. The molecule has 1 aliphatic carbocycles. The lowest BCUT2D eigenvalue weighted by atomic mass is 9.88. The van der Waals surface area contributed by atoms with Gasteiger partial charge in [-0.2, -0.15) is 0 Å². The molecule has 4 rings (SSSR count). The van der Waals surface area contributed by atoms with Crippen molar-refractivity contribution in [2.24, 2.45) is 5.73 Å². The van der Waals surface area contributed by atoms with Crippen molar-refractivity contribution < 1.29 is 0 Å². The number of fused-ring (bicyclic) bond motifs is 1. The van der Waals surface area contributed by atoms with Crippen LogP contribution in [0.3, 0.4) is 0 Å². The molecule has 1 saturated carbocycles. The first-order valence-electron chi connectivity index (χ1n) is 9.61. The van der Waals surface area contributed by atoms with Crippen LogP contribution in [0.15, 0.2) is 17.3 Å². The van der Waals surface area contributed by atoms with E-state index in [9.17, 15) is 0 Å². The first kappa shape index (κ1) is 17.6. The highest BCUT2D eigenvalue weighted by Crippen LogP contribution is 2.39. The van der Waals surface area contributed by atoms with Crippen LogP contribution in [0.1, 0.15) is 60.8 Å². The predicted molar refractivity (Wildman–Crippen MR) is 108 cm³/mol. The van der Waals surface area contributed by atoms with E-state index in [4.69, 9.17) is 21.1 Å². The van der Waals surface area contributed by atoms with Crippen LogP contribution >= 0.6 is 11.3 Å². The molecule has 0 amide bonds. The molecular weight excluding hydrogens is 342 g/mol. The minimum atomic E-state index is 0.708. The van der Waals surface area contributed by atoms with Crippen molar-refractivity contribution in [1.82, 2.24) is 14.9 Å². The zero-order chi connectivity index (χ0) is 18.1. The van der Waals surface area contributed by atoms with Crippen molar-refractivity contribution in [1.29, 1.82) is 5.41 Å². The quantitative estimate of drug-likeness (QED) is 0.795. The van der Waals surface area contributed by atoms with Crippen molar-refractivity contribution >= 4 is 27.8 Å². The zero-order valence-electron chi connectivity index (χ0n) is 15.4. The third-order valence-corrected chi connectivity index (χ3v) is 6.85. The smallest absolute Gasteiger partial charge is 0.127 e. The Labute approximate surface area is 158 Å². The largest absolute Gasteiger partial charge is 0.401 e. The van der Waals surface area contributed by atoms with Crippen LogP contribution in [0, 0.1) is 12.3 Å². The molecule has 3 heterocycles. The van der Waals surface area contributed by atoms with Crippen LogP contribution in [0.2, 0.25) is 0 Å². The SMILES string of the molecule is Cc1nc(CN2CCC(C=N)=C(N)C2)c2cc(C3CCCCC3)sc2n1. The van der Waals surface area contributed by atoms with E-state index in [0.29, 0.717) is 5.92 Å². The lowest BCUT2D eigenvalue weighted by Gasteiger charge is -2.27. The Kier molecular flexibility index (Phi) is 5.05. The molecule has 0 unspecified atom stereocenters. The van der Waals surface area contributed by atoms with Gasteiger partial charge >= 0.3 is 0 Å². The molecule has 0 spiro atoms. The summed E-state index contributed by atoms with van der Waals surface area (Å²) in [7, 11) is 0. The molecule has 1 fully saturated rings. The zero-order valence-corrected chi connectivity index (χ0v) is 16.2. The molecule has 6 heteroatoms. The minimum Gasteiger partial charge on any atom is -0.401 e. The van der Waals surface area contributed by atoms with Gasteiger partial charge in [0.2, 0.25) is 0 Å². The number of nitrogens with zero attached hydrogens (tertiary/aromatic N) is 3. The molecule has 3 N–H and O–H groups in total. The van der Waals surface area contributed by atoms with Gasteiger partial charge in [0.15, 0.2) is 0 Å². The van der Waals surface area contributed by atoms with Crippen LogP contribution in [0.5, 0.6) is 0 Å². The van der Waals surface area contributed by atoms with Gasteiger partial charge in [-0.3, -0.25) is 4.90 Å². The first-order valence-corrected chi connectivity index (χ1v) is 10.4. The van der Waals surface area contributed by atoms with Crippen molar-refractivity contribution in [3.05, 3.63) is 33.7 Å². The minimum absolute atomic E-state index is 0.708. The highest BCUT2D eigenvalue weighted by atomic mass is 32.1. The highest BCUT2D eigenvalue weighted by molar-refractivity contribution is 7.18. The molecule has 26 heavy (non-hydrogen) atoms.